The first-order chi connectivity index (χ1) is 25.7. The predicted molar refractivity (Wildman–Crippen MR) is 204 cm³/mol. The first kappa shape index (κ1) is 38.1. The third-order valence-corrected chi connectivity index (χ3v) is 10.1. The van der Waals surface area contributed by atoms with Gasteiger partial charge >= 0.3 is 0 Å². The highest BCUT2D eigenvalue weighted by molar-refractivity contribution is 6.08. The number of quaternary nitrogens is 1. The Labute approximate surface area is 311 Å². The molecule has 8 N–H and O–H groups in total. The van der Waals surface area contributed by atoms with Gasteiger partial charge in [0, 0.05) is 32.0 Å². The topological polar surface area (TPSA) is 162 Å². The summed E-state index contributed by atoms with van der Waals surface area (Å²) in [6.07, 6.45) is 4.52. The van der Waals surface area contributed by atoms with Crippen LogP contribution >= 0.6 is 0 Å². The molecule has 6 rings (SSSR count). The summed E-state index contributed by atoms with van der Waals surface area (Å²) in [5.74, 6) is 6.34. The van der Waals surface area contributed by atoms with E-state index in [4.69, 9.17) is 15.5 Å². The van der Waals surface area contributed by atoms with E-state index in [-0.39, 0.29) is 49.1 Å². The van der Waals surface area contributed by atoms with Gasteiger partial charge in [-0.15, -0.1) is 0 Å². The Hall–Kier alpha value is -4.60. The number of ether oxygens (including phenoxy) is 1. The van der Waals surface area contributed by atoms with Crippen molar-refractivity contribution >= 4 is 11.5 Å². The van der Waals surface area contributed by atoms with Gasteiger partial charge in [-0.2, -0.15) is 0 Å². The van der Waals surface area contributed by atoms with Crippen molar-refractivity contribution in [2.24, 2.45) is 10.7 Å². The normalized spacial score (nSPS) is 20.7. The molecule has 0 saturated carbocycles. The van der Waals surface area contributed by atoms with E-state index < -0.39 is 24.5 Å². The molecule has 2 bridgehead atoms. The van der Waals surface area contributed by atoms with Gasteiger partial charge in [0.05, 0.1) is 23.9 Å². The molecule has 3 aromatic rings. The molecule has 0 fully saturated rings. The second-order valence-electron chi connectivity index (χ2n) is 14.3. The highest BCUT2D eigenvalue weighted by atomic mass is 16.5. The molecule has 278 valence electrons. The highest BCUT2D eigenvalue weighted by Crippen LogP contribution is 2.31. The molecule has 3 heterocycles. The molecule has 3 aliphatic heterocycles. The van der Waals surface area contributed by atoms with Crippen LogP contribution in [0.3, 0.4) is 0 Å². The van der Waals surface area contributed by atoms with Gasteiger partial charge in [-0.3, -0.25) is 20.0 Å². The maximum atomic E-state index is 12.6. The number of aliphatic imine (C=N–C) groups is 1. The van der Waals surface area contributed by atoms with Crippen LogP contribution in [0.15, 0.2) is 95.3 Å². The number of benzene rings is 3. The van der Waals surface area contributed by atoms with Crippen LogP contribution in [0.2, 0.25) is 0 Å². The molecular formula is C43H51N4O6+. The predicted octanol–water partition coefficient (Wildman–Crippen LogP) is 3.49. The summed E-state index contributed by atoms with van der Waals surface area (Å²) in [5, 5.41) is 45.7. The average Bonchev–Trinajstić information content (AvgIpc) is 3.73. The van der Waals surface area contributed by atoms with Crippen LogP contribution < -0.4 is 20.7 Å². The van der Waals surface area contributed by atoms with Crippen molar-refractivity contribution in [1.29, 1.82) is 0 Å². The molecule has 0 aromatic heterocycles. The lowest BCUT2D eigenvalue weighted by atomic mass is 9.91. The number of nitrogens with two attached hydrogens (primary N) is 1. The number of phenols is 1. The first-order valence-corrected chi connectivity index (χ1v) is 18.7. The van der Waals surface area contributed by atoms with E-state index in [1.807, 2.05) is 43.5 Å². The lowest BCUT2D eigenvalue weighted by Crippen LogP contribution is -3.12. The van der Waals surface area contributed by atoms with Crippen LogP contribution in [0, 0.1) is 11.8 Å². The number of carbonyl (C=O) groups excluding carboxylic acids is 1. The largest absolute Gasteiger partial charge is 0.504 e. The quantitative estimate of drug-likeness (QED) is 0.0875. The van der Waals surface area contributed by atoms with Gasteiger partial charge in [0.1, 0.15) is 36.8 Å². The zero-order valence-corrected chi connectivity index (χ0v) is 30.3. The number of rotatable bonds is 16. The fourth-order valence-electron chi connectivity index (χ4n) is 7.19. The van der Waals surface area contributed by atoms with Gasteiger partial charge in [-0.1, -0.05) is 79.8 Å². The number of hydrogen-bond acceptors (Lipinski definition) is 9. The second kappa shape index (κ2) is 18.0. The summed E-state index contributed by atoms with van der Waals surface area (Å²) in [6, 6.07) is 21.2. The Balaban J connectivity index is 1.14. The molecule has 53 heavy (non-hydrogen) atoms. The number of aliphatic hydroxyl groups is 3. The minimum atomic E-state index is -1.02. The third-order valence-electron chi connectivity index (χ3n) is 10.1. The van der Waals surface area contributed by atoms with Crippen molar-refractivity contribution in [2.75, 3.05) is 13.1 Å². The van der Waals surface area contributed by atoms with Crippen molar-refractivity contribution in [1.82, 2.24) is 5.32 Å². The number of phenolic OH excluding ortho intramolecular Hbond substituents is 1. The van der Waals surface area contributed by atoms with E-state index in [2.05, 4.69) is 41.6 Å². The SMILES string of the molecule is CCC[C@H](O)C[C@@H](O)CC(=O)CCc1ccc(O)c(O[C@H]2CC#C[C@H](O)c3ccc([C@H](N)NCCc4ccccc4)cc3CC3=CN=C4C[NH+]2C=C34)c1. The smallest absolute Gasteiger partial charge is 0.247 e. The van der Waals surface area contributed by atoms with Gasteiger partial charge < -0.3 is 30.9 Å². The van der Waals surface area contributed by atoms with E-state index in [1.165, 1.54) is 5.56 Å². The summed E-state index contributed by atoms with van der Waals surface area (Å²) in [6.45, 7) is 3.27. The molecule has 0 radical (unpaired) electrons. The van der Waals surface area contributed by atoms with E-state index in [0.29, 0.717) is 25.8 Å². The molecule has 3 aromatic carbocycles. The number of fused-ring (bicyclic) bond motifs is 2. The maximum Gasteiger partial charge on any atom is 0.247 e. The van der Waals surface area contributed by atoms with Crippen molar-refractivity contribution in [3.63, 3.8) is 0 Å². The summed E-state index contributed by atoms with van der Waals surface area (Å²) < 4.78 is 6.45. The molecule has 3 aliphatic rings. The van der Waals surface area contributed by atoms with Crippen molar-refractivity contribution in [3.05, 3.63) is 118 Å². The van der Waals surface area contributed by atoms with Gasteiger partial charge in [0.25, 0.3) is 0 Å². The van der Waals surface area contributed by atoms with Crippen LogP contribution in [-0.4, -0.2) is 63.4 Å². The van der Waals surface area contributed by atoms with E-state index in [0.717, 1.165) is 63.4 Å². The Morgan fingerprint density at radius 1 is 1.08 bits per heavy atom. The Bertz CT molecular complexity index is 1910. The molecule has 10 nitrogen and oxygen atoms in total. The van der Waals surface area contributed by atoms with E-state index in [9.17, 15) is 25.2 Å². The summed E-state index contributed by atoms with van der Waals surface area (Å²) in [7, 11) is 0. The van der Waals surface area contributed by atoms with Crippen molar-refractivity contribution in [3.8, 4) is 23.3 Å². The Morgan fingerprint density at radius 3 is 2.72 bits per heavy atom. The molecule has 10 heteroatoms. The van der Waals surface area contributed by atoms with Crippen molar-refractivity contribution < 1.29 is 34.9 Å². The molecular weight excluding hydrogens is 668 g/mol. The number of allylic oxidation sites excluding steroid dienone is 1. The van der Waals surface area contributed by atoms with Crippen LogP contribution in [0.5, 0.6) is 11.5 Å². The van der Waals surface area contributed by atoms with Crippen LogP contribution in [0.1, 0.15) is 85.5 Å². The van der Waals surface area contributed by atoms with Gasteiger partial charge in [0.2, 0.25) is 6.23 Å². The molecule has 0 spiro atoms. The first-order valence-electron chi connectivity index (χ1n) is 18.7. The van der Waals surface area contributed by atoms with Crippen molar-refractivity contribution in [2.45, 2.75) is 95.4 Å². The number of aromatic hydroxyl groups is 1. The number of aryl methyl sites for hydroxylation is 1. The fraction of sp³-hybridized carbons (Fsp3) is 0.395. The Kier molecular flexibility index (Phi) is 12.9. The number of hydrogen-bond donors (Lipinski definition) is 7. The lowest BCUT2D eigenvalue weighted by Gasteiger charge is -2.23. The number of nitrogens with one attached hydrogen (secondary N) is 2. The van der Waals surface area contributed by atoms with Gasteiger partial charge in [-0.05, 0) is 71.2 Å². The third kappa shape index (κ3) is 10.1. The minimum absolute atomic E-state index is 0.00626. The highest BCUT2D eigenvalue weighted by Gasteiger charge is 2.36. The monoisotopic (exact) mass is 719 g/mol. The van der Waals surface area contributed by atoms with Crippen LogP contribution in [0.4, 0.5) is 0 Å². The molecule has 0 amide bonds. The number of carbonyl (C=O) groups is 1. The fourth-order valence-corrected chi connectivity index (χ4v) is 7.19. The number of ketones is 1. The van der Waals surface area contributed by atoms with Gasteiger partial charge in [-0.25, -0.2) is 0 Å². The number of Topliss-reactive ketones (excluding diaryl/α,β-unsaturated/α-hetero) is 1. The number of aliphatic hydroxyl groups excluding tert-OH is 3. The molecule has 0 aliphatic carbocycles. The minimum Gasteiger partial charge on any atom is -0.504 e. The second-order valence-corrected chi connectivity index (χ2v) is 14.3. The standard InChI is InChI=1S/C43H50N4O6/c1-2-7-33(48)23-35(50)24-34(49)15-12-29-13-17-40(52)41(20-29)53-42-11-6-10-39(51)36-16-14-30(43(44)45-19-18-28-8-4-3-5-9-28)21-31(36)22-32-25-46-38-27-47(42)26-37(32)38/h3-5,8-9,13-14,16-17,20-21,25-26,33,35,39,42-43,45,48,50-52H,2,7,11-12,15,18-19,22-24,27,44H2,1H3/p+1/t33-,35+,39-,42-,43+/m0/s1. The van der Waals surface area contributed by atoms with E-state index in [1.54, 1.807) is 18.2 Å². The zero-order valence-electron chi connectivity index (χ0n) is 30.3. The molecule has 0 saturated heterocycles. The summed E-state index contributed by atoms with van der Waals surface area (Å²) in [4.78, 5) is 18.3. The molecule has 6 atom stereocenters. The average molecular weight is 720 g/mol. The zero-order chi connectivity index (χ0) is 37.3. The lowest BCUT2D eigenvalue weighted by molar-refractivity contribution is -0.882. The van der Waals surface area contributed by atoms with E-state index >= 15 is 0 Å². The molecule has 1 unspecified atom stereocenters. The Morgan fingerprint density at radius 2 is 1.91 bits per heavy atom. The van der Waals surface area contributed by atoms with Crippen LogP contribution in [0.25, 0.3) is 0 Å². The number of nitrogens with zero attached hydrogens (tertiary/aromatic N) is 1. The van der Waals surface area contributed by atoms with Gasteiger partial charge in [0.15, 0.2) is 11.5 Å². The maximum absolute atomic E-state index is 12.6. The summed E-state index contributed by atoms with van der Waals surface area (Å²) in [5.41, 5.74) is 14.3. The summed E-state index contributed by atoms with van der Waals surface area (Å²) >= 11 is 0. The van der Waals surface area contributed by atoms with Crippen LogP contribution in [-0.2, 0) is 24.1 Å².